The number of benzene rings is 1. The predicted octanol–water partition coefficient (Wildman–Crippen LogP) is 2.03. The quantitative estimate of drug-likeness (QED) is 0.906. The van der Waals surface area contributed by atoms with Crippen molar-refractivity contribution in [1.29, 1.82) is 0 Å². The maximum atomic E-state index is 10.6. The topological polar surface area (TPSA) is 76.2 Å². The molecular formula is C12H14Cl2N2O2. The van der Waals surface area contributed by atoms with Gasteiger partial charge in [-0.3, -0.25) is 9.78 Å². The molecule has 0 aliphatic carbocycles. The average molecular weight is 289 g/mol. The summed E-state index contributed by atoms with van der Waals surface area (Å²) in [7, 11) is 0. The minimum Gasteiger partial charge on any atom is -0.480 e. The largest absolute Gasteiger partial charge is 0.480 e. The molecule has 6 heteroatoms. The molecule has 1 aromatic carbocycles. The summed E-state index contributed by atoms with van der Waals surface area (Å²) in [6.45, 7) is 0. The second-order valence-corrected chi connectivity index (χ2v) is 3.64. The molecule has 0 unspecified atom stereocenters. The molecule has 0 saturated carbocycles. The smallest absolute Gasteiger partial charge is 0.320 e. The Bertz CT molecular complexity index is 534. The van der Waals surface area contributed by atoms with Crippen molar-refractivity contribution < 1.29 is 9.90 Å². The number of aromatic nitrogens is 1. The van der Waals surface area contributed by atoms with Crippen LogP contribution in [0.15, 0.2) is 36.4 Å². The molecule has 1 heterocycles. The van der Waals surface area contributed by atoms with E-state index in [2.05, 4.69) is 4.98 Å². The fourth-order valence-electron chi connectivity index (χ4n) is 1.53. The monoisotopic (exact) mass is 288 g/mol. The number of rotatable bonds is 3. The summed E-state index contributed by atoms with van der Waals surface area (Å²) in [4.78, 5) is 15.0. The number of carboxylic acid groups (broad SMARTS) is 1. The Morgan fingerprint density at radius 3 is 2.56 bits per heavy atom. The molecule has 0 aliphatic rings. The Labute approximate surface area is 117 Å². The zero-order valence-corrected chi connectivity index (χ0v) is 11.1. The van der Waals surface area contributed by atoms with E-state index in [4.69, 9.17) is 10.8 Å². The first-order chi connectivity index (χ1) is 7.66. The van der Waals surface area contributed by atoms with E-state index in [1.807, 2.05) is 36.4 Å². The zero-order valence-electron chi connectivity index (χ0n) is 9.45. The van der Waals surface area contributed by atoms with Crippen LogP contribution in [0.5, 0.6) is 0 Å². The molecule has 2 aromatic rings. The number of hydrogen-bond donors (Lipinski definition) is 2. The molecule has 4 nitrogen and oxygen atoms in total. The number of fused-ring (bicyclic) bond motifs is 1. The number of nitrogens with two attached hydrogens (primary N) is 1. The SMILES string of the molecule is Cl.Cl.N[C@@H](Cc1ccc2ccccc2n1)C(=O)O. The van der Waals surface area contributed by atoms with Crippen LogP contribution in [0.3, 0.4) is 0 Å². The van der Waals surface area contributed by atoms with Gasteiger partial charge in [0, 0.05) is 17.5 Å². The van der Waals surface area contributed by atoms with E-state index >= 15 is 0 Å². The van der Waals surface area contributed by atoms with E-state index in [9.17, 15) is 4.79 Å². The highest BCUT2D eigenvalue weighted by atomic mass is 35.5. The number of carbonyl (C=O) groups is 1. The molecule has 0 spiro atoms. The molecule has 0 bridgehead atoms. The van der Waals surface area contributed by atoms with Crippen molar-refractivity contribution in [3.63, 3.8) is 0 Å². The third kappa shape index (κ3) is 3.84. The van der Waals surface area contributed by atoms with E-state index in [1.165, 1.54) is 0 Å². The summed E-state index contributed by atoms with van der Waals surface area (Å²) in [5.74, 6) is -1.00. The van der Waals surface area contributed by atoms with Crippen LogP contribution < -0.4 is 5.73 Å². The second kappa shape index (κ2) is 7.16. The minimum absolute atomic E-state index is 0. The zero-order chi connectivity index (χ0) is 11.5. The third-order valence-electron chi connectivity index (χ3n) is 2.40. The summed E-state index contributed by atoms with van der Waals surface area (Å²) < 4.78 is 0. The van der Waals surface area contributed by atoms with Gasteiger partial charge in [0.1, 0.15) is 6.04 Å². The van der Waals surface area contributed by atoms with Gasteiger partial charge in [-0.15, -0.1) is 24.8 Å². The van der Waals surface area contributed by atoms with Crippen LogP contribution in [-0.4, -0.2) is 22.1 Å². The Morgan fingerprint density at radius 2 is 1.89 bits per heavy atom. The van der Waals surface area contributed by atoms with Crippen molar-refractivity contribution in [2.24, 2.45) is 5.73 Å². The van der Waals surface area contributed by atoms with Gasteiger partial charge in [0.15, 0.2) is 0 Å². The number of nitrogens with zero attached hydrogens (tertiary/aromatic N) is 1. The fraction of sp³-hybridized carbons (Fsp3) is 0.167. The summed E-state index contributed by atoms with van der Waals surface area (Å²) in [5.41, 5.74) is 7.01. The van der Waals surface area contributed by atoms with Gasteiger partial charge in [-0.05, 0) is 12.1 Å². The Hall–Kier alpha value is -1.36. The Kier molecular flexibility index (Phi) is 6.62. The van der Waals surface area contributed by atoms with Crippen LogP contribution in [0, 0.1) is 0 Å². The molecule has 0 amide bonds. The molecule has 0 radical (unpaired) electrons. The third-order valence-corrected chi connectivity index (χ3v) is 2.40. The number of pyridine rings is 1. The van der Waals surface area contributed by atoms with Crippen LogP contribution in [0.4, 0.5) is 0 Å². The average Bonchev–Trinajstić information content (AvgIpc) is 2.28. The van der Waals surface area contributed by atoms with Crippen LogP contribution in [0.1, 0.15) is 5.69 Å². The molecule has 2 rings (SSSR count). The fourth-order valence-corrected chi connectivity index (χ4v) is 1.53. The van der Waals surface area contributed by atoms with Gasteiger partial charge < -0.3 is 10.8 Å². The van der Waals surface area contributed by atoms with Crippen LogP contribution >= 0.6 is 24.8 Å². The number of carboxylic acids is 1. The van der Waals surface area contributed by atoms with Gasteiger partial charge in [0.2, 0.25) is 0 Å². The highest BCUT2D eigenvalue weighted by Gasteiger charge is 2.12. The number of halogens is 2. The van der Waals surface area contributed by atoms with Gasteiger partial charge >= 0.3 is 5.97 Å². The maximum absolute atomic E-state index is 10.6. The summed E-state index contributed by atoms with van der Waals surface area (Å²) >= 11 is 0. The number of hydrogen-bond acceptors (Lipinski definition) is 3. The van der Waals surface area contributed by atoms with Crippen LogP contribution in [0.2, 0.25) is 0 Å². The van der Waals surface area contributed by atoms with Crippen molar-refractivity contribution in [2.75, 3.05) is 0 Å². The Balaban J connectivity index is 0.00000144. The molecule has 0 saturated heterocycles. The van der Waals surface area contributed by atoms with Crippen LogP contribution in [0.25, 0.3) is 10.9 Å². The van der Waals surface area contributed by atoms with Crippen molar-refractivity contribution in [3.8, 4) is 0 Å². The molecule has 1 atom stereocenters. The lowest BCUT2D eigenvalue weighted by atomic mass is 10.1. The van der Waals surface area contributed by atoms with E-state index < -0.39 is 12.0 Å². The maximum Gasteiger partial charge on any atom is 0.320 e. The summed E-state index contributed by atoms with van der Waals surface area (Å²) in [6.07, 6.45) is 0.250. The molecule has 0 aliphatic heterocycles. The van der Waals surface area contributed by atoms with Crippen molar-refractivity contribution in [3.05, 3.63) is 42.1 Å². The van der Waals surface area contributed by atoms with E-state index in [0.29, 0.717) is 5.69 Å². The summed E-state index contributed by atoms with van der Waals surface area (Å²) in [6, 6.07) is 10.5. The van der Waals surface area contributed by atoms with Crippen molar-refractivity contribution in [1.82, 2.24) is 4.98 Å². The highest BCUT2D eigenvalue weighted by molar-refractivity contribution is 5.85. The second-order valence-electron chi connectivity index (χ2n) is 3.64. The lowest BCUT2D eigenvalue weighted by Gasteiger charge is -2.06. The van der Waals surface area contributed by atoms with E-state index in [-0.39, 0.29) is 31.2 Å². The minimum atomic E-state index is -1.00. The first-order valence-corrected chi connectivity index (χ1v) is 5.00. The summed E-state index contributed by atoms with van der Waals surface area (Å²) in [5, 5.41) is 9.74. The highest BCUT2D eigenvalue weighted by Crippen LogP contribution is 2.12. The molecule has 0 fully saturated rings. The van der Waals surface area contributed by atoms with E-state index in [0.717, 1.165) is 10.9 Å². The number of aliphatic carboxylic acids is 1. The predicted molar refractivity (Wildman–Crippen MR) is 75.6 cm³/mol. The van der Waals surface area contributed by atoms with Crippen molar-refractivity contribution in [2.45, 2.75) is 12.5 Å². The van der Waals surface area contributed by atoms with Crippen molar-refractivity contribution >= 4 is 41.7 Å². The molecular weight excluding hydrogens is 275 g/mol. The molecule has 98 valence electrons. The molecule has 3 N–H and O–H groups in total. The lowest BCUT2D eigenvalue weighted by molar-refractivity contribution is -0.138. The van der Waals surface area contributed by atoms with E-state index in [1.54, 1.807) is 0 Å². The first kappa shape index (κ1) is 16.6. The molecule has 18 heavy (non-hydrogen) atoms. The normalized spacial score (nSPS) is 11.2. The van der Waals surface area contributed by atoms with Gasteiger partial charge in [0.05, 0.1) is 5.52 Å². The lowest BCUT2D eigenvalue weighted by Crippen LogP contribution is -2.32. The van der Waals surface area contributed by atoms with Gasteiger partial charge in [-0.2, -0.15) is 0 Å². The standard InChI is InChI=1S/C12H12N2O2.2ClH/c13-10(12(15)16)7-9-6-5-8-3-1-2-4-11(8)14-9;;/h1-6,10H,7,13H2,(H,15,16);2*1H/t10-;;/m0../s1. The van der Waals surface area contributed by atoms with Gasteiger partial charge in [-0.25, -0.2) is 0 Å². The van der Waals surface area contributed by atoms with Gasteiger partial charge in [-0.1, -0.05) is 24.3 Å². The number of para-hydroxylation sites is 1. The Morgan fingerprint density at radius 1 is 1.22 bits per heavy atom. The first-order valence-electron chi connectivity index (χ1n) is 5.00. The van der Waals surface area contributed by atoms with Crippen LogP contribution in [-0.2, 0) is 11.2 Å². The molecule has 1 aromatic heterocycles. The van der Waals surface area contributed by atoms with Gasteiger partial charge in [0.25, 0.3) is 0 Å².